The van der Waals surface area contributed by atoms with Crippen molar-refractivity contribution in [2.45, 2.75) is 19.9 Å². The smallest absolute Gasteiger partial charge is 0.171 e. The quantitative estimate of drug-likeness (QED) is 0.617. The molecule has 5 heteroatoms. The molecule has 0 atom stereocenters. The number of Topliss-reactive ketones (excluding diaryl/α,β-unsaturated/α-hetero) is 1. The second kappa shape index (κ2) is 5.10. The van der Waals surface area contributed by atoms with E-state index in [1.165, 1.54) is 6.20 Å². The van der Waals surface area contributed by atoms with Crippen LogP contribution in [0.5, 0.6) is 0 Å². The number of hydrogen-bond acceptors (Lipinski definition) is 3. The molecule has 0 aliphatic rings. The van der Waals surface area contributed by atoms with Crippen molar-refractivity contribution in [2.75, 3.05) is 0 Å². The molecule has 0 aromatic carbocycles. The summed E-state index contributed by atoms with van der Waals surface area (Å²) in [7, 11) is 0. The van der Waals surface area contributed by atoms with E-state index in [0.29, 0.717) is 10.7 Å². The van der Waals surface area contributed by atoms with Crippen molar-refractivity contribution in [3.8, 4) is 0 Å². The van der Waals surface area contributed by atoms with Gasteiger partial charge in [0.15, 0.2) is 5.78 Å². The van der Waals surface area contributed by atoms with Gasteiger partial charge in [0.25, 0.3) is 0 Å². The number of hydrogen-bond donors (Lipinski definition) is 0. The summed E-state index contributed by atoms with van der Waals surface area (Å²) in [5.41, 5.74) is 0.556. The van der Waals surface area contributed by atoms with E-state index < -0.39 is 0 Å². The first kappa shape index (κ1) is 11.8. The standard InChI is InChI=1S/C12H12ClN3O/c1-2-16-6-5-14-12(16)7-10(17)9-3-4-11(13)15-8-9/h3-6,8H,2,7H2,1H3. The van der Waals surface area contributed by atoms with Gasteiger partial charge >= 0.3 is 0 Å². The van der Waals surface area contributed by atoms with Crippen LogP contribution in [0.2, 0.25) is 5.15 Å². The van der Waals surface area contributed by atoms with Crippen molar-refractivity contribution in [3.63, 3.8) is 0 Å². The summed E-state index contributed by atoms with van der Waals surface area (Å²) < 4.78 is 1.95. The molecule has 0 saturated carbocycles. The number of aromatic nitrogens is 3. The molecule has 0 saturated heterocycles. The molecule has 2 aromatic rings. The van der Waals surface area contributed by atoms with Crippen molar-refractivity contribution in [2.24, 2.45) is 0 Å². The molecule has 0 spiro atoms. The van der Waals surface area contributed by atoms with Crippen LogP contribution in [0.4, 0.5) is 0 Å². The van der Waals surface area contributed by atoms with Crippen LogP contribution >= 0.6 is 11.6 Å². The number of ketones is 1. The maximum Gasteiger partial charge on any atom is 0.171 e. The Bertz CT molecular complexity index is 519. The molecule has 0 aliphatic heterocycles. The van der Waals surface area contributed by atoms with Crippen molar-refractivity contribution in [1.29, 1.82) is 0 Å². The van der Waals surface area contributed by atoms with Crippen molar-refractivity contribution in [3.05, 3.63) is 47.3 Å². The fourth-order valence-electron chi connectivity index (χ4n) is 1.58. The minimum Gasteiger partial charge on any atom is -0.335 e. The fraction of sp³-hybridized carbons (Fsp3) is 0.250. The number of nitrogens with zero attached hydrogens (tertiary/aromatic N) is 3. The van der Waals surface area contributed by atoms with Crippen molar-refractivity contribution in [1.82, 2.24) is 14.5 Å². The zero-order chi connectivity index (χ0) is 12.3. The molecule has 0 aliphatic carbocycles. The summed E-state index contributed by atoms with van der Waals surface area (Å²) in [6.45, 7) is 2.82. The predicted molar refractivity (Wildman–Crippen MR) is 65.2 cm³/mol. The van der Waals surface area contributed by atoms with Gasteiger partial charge in [0.1, 0.15) is 11.0 Å². The Kier molecular flexibility index (Phi) is 3.54. The van der Waals surface area contributed by atoms with E-state index >= 15 is 0 Å². The number of rotatable bonds is 4. The monoisotopic (exact) mass is 249 g/mol. The van der Waals surface area contributed by atoms with Gasteiger partial charge in [0.2, 0.25) is 0 Å². The van der Waals surface area contributed by atoms with Gasteiger partial charge < -0.3 is 4.57 Å². The first-order valence-electron chi connectivity index (χ1n) is 5.35. The molecule has 2 rings (SSSR count). The lowest BCUT2D eigenvalue weighted by Crippen LogP contribution is -2.09. The molecule has 2 heterocycles. The highest BCUT2D eigenvalue weighted by atomic mass is 35.5. The molecule has 2 aromatic heterocycles. The molecule has 4 nitrogen and oxygen atoms in total. The summed E-state index contributed by atoms with van der Waals surface area (Å²) in [4.78, 5) is 20.0. The van der Waals surface area contributed by atoms with Gasteiger partial charge in [-0.05, 0) is 19.1 Å². The maximum absolute atomic E-state index is 12.0. The number of aryl methyl sites for hydroxylation is 1. The highest BCUT2D eigenvalue weighted by molar-refractivity contribution is 6.29. The van der Waals surface area contributed by atoms with E-state index in [0.717, 1.165) is 12.4 Å². The molecule has 88 valence electrons. The average molecular weight is 250 g/mol. The second-order valence-electron chi connectivity index (χ2n) is 3.60. The number of carbonyl (C=O) groups is 1. The van der Waals surface area contributed by atoms with Gasteiger partial charge in [-0.15, -0.1) is 0 Å². The lowest BCUT2D eigenvalue weighted by Gasteiger charge is -2.04. The second-order valence-corrected chi connectivity index (χ2v) is 3.99. The minimum absolute atomic E-state index is 0.00457. The Hall–Kier alpha value is -1.68. The molecule has 0 fully saturated rings. The Morgan fingerprint density at radius 3 is 2.88 bits per heavy atom. The van der Waals surface area contributed by atoms with Gasteiger partial charge in [-0.25, -0.2) is 9.97 Å². The van der Waals surface area contributed by atoms with Gasteiger partial charge in [-0.1, -0.05) is 11.6 Å². The Morgan fingerprint density at radius 2 is 2.24 bits per heavy atom. The van der Waals surface area contributed by atoms with Crippen LogP contribution in [-0.2, 0) is 13.0 Å². The first-order valence-corrected chi connectivity index (χ1v) is 5.73. The number of carbonyl (C=O) groups excluding carboxylic acids is 1. The SMILES string of the molecule is CCn1ccnc1CC(=O)c1ccc(Cl)nc1. The minimum atomic E-state index is -0.00457. The molecular weight excluding hydrogens is 238 g/mol. The zero-order valence-corrected chi connectivity index (χ0v) is 10.2. The average Bonchev–Trinajstić information content (AvgIpc) is 2.77. The third kappa shape index (κ3) is 2.71. The first-order chi connectivity index (χ1) is 8.20. The van der Waals surface area contributed by atoms with Crippen LogP contribution in [0.25, 0.3) is 0 Å². The van der Waals surface area contributed by atoms with Crippen molar-refractivity contribution < 1.29 is 4.79 Å². The summed E-state index contributed by atoms with van der Waals surface area (Å²) >= 11 is 5.67. The zero-order valence-electron chi connectivity index (χ0n) is 9.43. The number of halogens is 1. The molecule has 0 amide bonds. The molecule has 0 N–H and O–H groups in total. The third-order valence-corrected chi connectivity index (χ3v) is 2.73. The van der Waals surface area contributed by atoms with E-state index in [2.05, 4.69) is 9.97 Å². The maximum atomic E-state index is 12.0. The van der Waals surface area contributed by atoms with E-state index in [9.17, 15) is 4.79 Å². The molecule has 0 bridgehead atoms. The van der Waals surface area contributed by atoms with E-state index in [1.54, 1.807) is 18.3 Å². The largest absolute Gasteiger partial charge is 0.335 e. The van der Waals surface area contributed by atoms with Gasteiger partial charge in [-0.2, -0.15) is 0 Å². The summed E-state index contributed by atoms with van der Waals surface area (Å²) in [6, 6.07) is 3.29. The van der Waals surface area contributed by atoms with Crippen molar-refractivity contribution >= 4 is 17.4 Å². The van der Waals surface area contributed by atoms with Crippen LogP contribution < -0.4 is 0 Å². The van der Waals surface area contributed by atoms with E-state index in [4.69, 9.17) is 11.6 Å². The number of pyridine rings is 1. The van der Waals surface area contributed by atoms with Gasteiger partial charge in [0, 0.05) is 30.7 Å². The van der Waals surface area contributed by atoms with Crippen LogP contribution in [-0.4, -0.2) is 20.3 Å². The summed E-state index contributed by atoms with van der Waals surface area (Å²) in [5, 5.41) is 0.386. The van der Waals surface area contributed by atoms with Gasteiger partial charge in [0.05, 0.1) is 6.42 Å². The van der Waals surface area contributed by atoms with Crippen LogP contribution in [0.3, 0.4) is 0 Å². The third-order valence-electron chi connectivity index (χ3n) is 2.51. The van der Waals surface area contributed by atoms with E-state index in [-0.39, 0.29) is 12.2 Å². The molecule has 0 radical (unpaired) electrons. The lowest BCUT2D eigenvalue weighted by atomic mass is 10.1. The van der Waals surface area contributed by atoms with Crippen LogP contribution in [0, 0.1) is 0 Å². The topological polar surface area (TPSA) is 47.8 Å². The highest BCUT2D eigenvalue weighted by Crippen LogP contribution is 2.09. The summed E-state index contributed by atoms with van der Waals surface area (Å²) in [6.07, 6.45) is 5.34. The Labute approximate surface area is 104 Å². The van der Waals surface area contributed by atoms with Gasteiger partial charge in [-0.3, -0.25) is 4.79 Å². The molecular formula is C12H12ClN3O. The summed E-state index contributed by atoms with van der Waals surface area (Å²) in [5.74, 6) is 0.766. The Morgan fingerprint density at radius 1 is 1.41 bits per heavy atom. The normalized spacial score (nSPS) is 10.5. The molecule has 0 unspecified atom stereocenters. The van der Waals surface area contributed by atoms with E-state index in [1.807, 2.05) is 17.7 Å². The molecule has 17 heavy (non-hydrogen) atoms. The fourth-order valence-corrected chi connectivity index (χ4v) is 1.69. The Balaban J connectivity index is 2.14. The van der Waals surface area contributed by atoms with Crippen LogP contribution in [0.1, 0.15) is 23.1 Å². The number of imidazole rings is 1. The lowest BCUT2D eigenvalue weighted by molar-refractivity contribution is 0.0989. The predicted octanol–water partition coefficient (Wildman–Crippen LogP) is 2.38. The highest BCUT2D eigenvalue weighted by Gasteiger charge is 2.11. The van der Waals surface area contributed by atoms with Crippen LogP contribution in [0.15, 0.2) is 30.7 Å².